The van der Waals surface area contributed by atoms with Gasteiger partial charge in [-0.05, 0) is 0 Å². The Morgan fingerprint density at radius 1 is 0.941 bits per heavy atom. The van der Waals surface area contributed by atoms with Crippen molar-refractivity contribution < 1.29 is 39.5 Å². The van der Waals surface area contributed by atoms with E-state index in [-0.39, 0.29) is 0 Å². The molecular weight excluding hydrogens is 269 g/mol. The minimum atomic E-state index is -6.63. The molecule has 1 unspecified atom stereocenters. The fourth-order valence-corrected chi connectivity index (χ4v) is 1.50. The van der Waals surface area contributed by atoms with E-state index in [0.717, 1.165) is 0 Å². The molecule has 1 aliphatic carbocycles. The number of hydrogen-bond acceptors (Lipinski definition) is 1. The van der Waals surface area contributed by atoms with E-state index < -0.39 is 42.3 Å². The van der Waals surface area contributed by atoms with Crippen LogP contribution in [0.1, 0.15) is 6.42 Å². The molecule has 0 amide bonds. The Kier molecular flexibility index (Phi) is 2.71. The van der Waals surface area contributed by atoms with Crippen LogP contribution >= 0.6 is 0 Å². The largest absolute Gasteiger partial charge is 0.459 e. The number of halogens is 9. The summed E-state index contributed by atoms with van der Waals surface area (Å²) >= 11 is 0. The van der Waals surface area contributed by atoms with Crippen molar-refractivity contribution in [2.24, 2.45) is 11.1 Å². The fraction of sp³-hybridized carbons (Fsp3) is 1.00. The zero-order valence-corrected chi connectivity index (χ0v) is 7.89. The molecule has 1 rings (SSSR count). The highest BCUT2D eigenvalue weighted by Crippen LogP contribution is 2.71. The van der Waals surface area contributed by atoms with Crippen molar-refractivity contribution in [2.45, 2.75) is 30.4 Å². The molecule has 0 aromatic rings. The van der Waals surface area contributed by atoms with Crippen molar-refractivity contribution in [3.05, 3.63) is 0 Å². The van der Waals surface area contributed by atoms with E-state index in [0.29, 0.717) is 0 Å². The van der Waals surface area contributed by atoms with Gasteiger partial charge in [0.15, 0.2) is 0 Å². The summed E-state index contributed by atoms with van der Waals surface area (Å²) in [5.74, 6) is -16.9. The van der Waals surface area contributed by atoms with Gasteiger partial charge in [0.25, 0.3) is 5.92 Å². The molecule has 17 heavy (non-hydrogen) atoms. The predicted octanol–water partition coefficient (Wildman–Crippen LogP) is 2.80. The van der Waals surface area contributed by atoms with E-state index in [4.69, 9.17) is 0 Å². The summed E-state index contributed by atoms with van der Waals surface area (Å²) in [4.78, 5) is 0. The summed E-state index contributed by atoms with van der Waals surface area (Å²) < 4.78 is 112. The maximum Gasteiger partial charge on any atom is 0.459 e. The Morgan fingerprint density at radius 2 is 1.29 bits per heavy atom. The molecule has 1 aliphatic rings. The zero-order chi connectivity index (χ0) is 13.9. The van der Waals surface area contributed by atoms with Gasteiger partial charge in [0.2, 0.25) is 0 Å². The molecule has 0 radical (unpaired) electrons. The lowest BCUT2D eigenvalue weighted by atomic mass is 9.91. The SMILES string of the molecule is NCC1(C(F)(F)C(F)(F)C(F)(F)F)CC1(F)F. The topological polar surface area (TPSA) is 26.0 Å². The number of alkyl halides is 9. The van der Waals surface area contributed by atoms with E-state index in [9.17, 15) is 39.5 Å². The summed E-state index contributed by atoms with van der Waals surface area (Å²) in [7, 11) is 0. The lowest BCUT2D eigenvalue weighted by molar-refractivity contribution is -0.373. The lowest BCUT2D eigenvalue weighted by Gasteiger charge is -2.33. The Bertz CT molecular complexity index is 316. The van der Waals surface area contributed by atoms with Gasteiger partial charge in [0.05, 0.1) is 0 Å². The highest BCUT2D eigenvalue weighted by atomic mass is 19.4. The smallest absolute Gasteiger partial charge is 0.329 e. The second kappa shape index (κ2) is 3.21. The molecule has 1 atom stereocenters. The molecule has 0 heterocycles. The summed E-state index contributed by atoms with van der Waals surface area (Å²) in [5, 5.41) is 0. The van der Waals surface area contributed by atoms with Gasteiger partial charge in [0, 0.05) is 13.0 Å². The third-order valence-corrected chi connectivity index (χ3v) is 2.80. The molecule has 1 saturated carbocycles. The summed E-state index contributed by atoms with van der Waals surface area (Å²) in [6, 6.07) is 0. The molecule has 1 nitrogen and oxygen atoms in total. The molecule has 0 bridgehead atoms. The van der Waals surface area contributed by atoms with Crippen molar-refractivity contribution in [3.8, 4) is 0 Å². The zero-order valence-electron chi connectivity index (χ0n) is 7.89. The molecule has 0 aliphatic heterocycles. The predicted molar refractivity (Wildman–Crippen MR) is 37.0 cm³/mol. The molecule has 0 aromatic carbocycles. The summed E-state index contributed by atoms with van der Waals surface area (Å²) in [5.41, 5.74) is 0.676. The minimum absolute atomic E-state index is 1.67. The molecule has 1 fully saturated rings. The van der Waals surface area contributed by atoms with E-state index in [1.807, 2.05) is 0 Å². The van der Waals surface area contributed by atoms with Crippen LogP contribution in [-0.2, 0) is 0 Å². The molecule has 0 aromatic heterocycles. The van der Waals surface area contributed by atoms with E-state index >= 15 is 0 Å². The molecule has 0 spiro atoms. The standard InChI is InChI=1S/C7H6F9N/c8-4(9)1-3(4,2-17)5(10,11)6(12,13)7(14,15)16/h1-2,17H2. The van der Waals surface area contributed by atoms with Crippen LogP contribution in [0.5, 0.6) is 0 Å². The average Bonchev–Trinajstić information content (AvgIpc) is 2.68. The Hall–Kier alpha value is -0.670. The van der Waals surface area contributed by atoms with Crippen LogP contribution in [0.2, 0.25) is 0 Å². The van der Waals surface area contributed by atoms with Crippen molar-refractivity contribution >= 4 is 0 Å². The first kappa shape index (κ1) is 14.4. The molecule has 10 heteroatoms. The van der Waals surface area contributed by atoms with Crippen molar-refractivity contribution in [1.29, 1.82) is 0 Å². The second-order valence-corrected chi connectivity index (χ2v) is 3.81. The van der Waals surface area contributed by atoms with Gasteiger partial charge in [-0.1, -0.05) is 0 Å². The monoisotopic (exact) mass is 275 g/mol. The van der Waals surface area contributed by atoms with Gasteiger partial charge < -0.3 is 5.73 Å². The van der Waals surface area contributed by atoms with Crippen molar-refractivity contribution in [2.75, 3.05) is 6.54 Å². The van der Waals surface area contributed by atoms with Crippen LogP contribution < -0.4 is 5.73 Å². The lowest BCUT2D eigenvalue weighted by Crippen LogP contribution is -2.59. The van der Waals surface area contributed by atoms with Crippen LogP contribution in [0.3, 0.4) is 0 Å². The first-order valence-corrected chi connectivity index (χ1v) is 4.17. The highest BCUT2D eigenvalue weighted by molar-refractivity contribution is 5.22. The van der Waals surface area contributed by atoms with Gasteiger partial charge >= 0.3 is 18.0 Å². The van der Waals surface area contributed by atoms with Gasteiger partial charge in [0.1, 0.15) is 5.41 Å². The maximum absolute atomic E-state index is 13.0. The van der Waals surface area contributed by atoms with E-state index in [1.54, 1.807) is 0 Å². The Morgan fingerprint density at radius 3 is 1.47 bits per heavy atom. The third kappa shape index (κ3) is 1.52. The van der Waals surface area contributed by atoms with Crippen molar-refractivity contribution in [3.63, 3.8) is 0 Å². The Labute approximate surface area is 88.8 Å². The van der Waals surface area contributed by atoms with Crippen LogP contribution in [0.25, 0.3) is 0 Å². The second-order valence-electron chi connectivity index (χ2n) is 3.81. The van der Waals surface area contributed by atoms with Gasteiger partial charge in [-0.2, -0.15) is 30.7 Å². The molecule has 102 valence electrons. The summed E-state index contributed by atoms with van der Waals surface area (Å²) in [6.45, 7) is -1.67. The number of hydrogen-bond donors (Lipinski definition) is 1. The molecular formula is C7H6F9N. The first-order valence-electron chi connectivity index (χ1n) is 4.17. The van der Waals surface area contributed by atoms with Crippen LogP contribution in [0.15, 0.2) is 0 Å². The van der Waals surface area contributed by atoms with E-state index in [2.05, 4.69) is 5.73 Å². The highest BCUT2D eigenvalue weighted by Gasteiger charge is 2.91. The van der Waals surface area contributed by atoms with Gasteiger partial charge in [-0.25, -0.2) is 8.78 Å². The number of nitrogens with two attached hydrogens (primary N) is 1. The summed E-state index contributed by atoms with van der Waals surface area (Å²) in [6.07, 6.45) is -8.42. The maximum atomic E-state index is 13.0. The number of rotatable bonds is 3. The van der Waals surface area contributed by atoms with Crippen LogP contribution in [0.4, 0.5) is 39.5 Å². The van der Waals surface area contributed by atoms with E-state index in [1.165, 1.54) is 0 Å². The van der Waals surface area contributed by atoms with Crippen LogP contribution in [-0.4, -0.2) is 30.5 Å². The van der Waals surface area contributed by atoms with Gasteiger partial charge in [-0.3, -0.25) is 0 Å². The molecule has 2 N–H and O–H groups in total. The quantitative estimate of drug-likeness (QED) is 0.787. The van der Waals surface area contributed by atoms with Crippen LogP contribution in [0, 0.1) is 5.41 Å². The average molecular weight is 275 g/mol. The van der Waals surface area contributed by atoms with Crippen molar-refractivity contribution in [1.82, 2.24) is 0 Å². The van der Waals surface area contributed by atoms with Gasteiger partial charge in [-0.15, -0.1) is 0 Å². The molecule has 0 saturated heterocycles. The Balaban J connectivity index is 3.21. The first-order chi connectivity index (χ1) is 7.27. The normalized spacial score (nSPS) is 29.3. The minimum Gasteiger partial charge on any atom is -0.329 e. The fourth-order valence-electron chi connectivity index (χ4n) is 1.50. The third-order valence-electron chi connectivity index (χ3n) is 2.80.